The summed E-state index contributed by atoms with van der Waals surface area (Å²) in [6, 6.07) is 13.1. The molecule has 0 bridgehead atoms. The number of benzene rings is 2. The molecule has 2 heterocycles. The second kappa shape index (κ2) is 9.47. The number of nitrogens with zero attached hydrogens (tertiary/aromatic N) is 1. The molecule has 2 aromatic carbocycles. The van der Waals surface area contributed by atoms with Crippen molar-refractivity contribution in [3.63, 3.8) is 0 Å². The highest BCUT2D eigenvalue weighted by Crippen LogP contribution is 2.39. The third kappa shape index (κ3) is 4.67. The van der Waals surface area contributed by atoms with Crippen molar-refractivity contribution in [2.45, 2.75) is 51.0 Å². The van der Waals surface area contributed by atoms with Crippen LogP contribution in [-0.4, -0.2) is 42.9 Å². The minimum absolute atomic E-state index is 0.117. The summed E-state index contributed by atoms with van der Waals surface area (Å²) in [4.78, 5) is 28.5. The van der Waals surface area contributed by atoms with Crippen molar-refractivity contribution in [2.24, 2.45) is 5.41 Å². The first-order valence-corrected chi connectivity index (χ1v) is 12.6. The van der Waals surface area contributed by atoms with Crippen LogP contribution in [0.25, 0.3) is 0 Å². The summed E-state index contributed by atoms with van der Waals surface area (Å²) in [5.74, 6) is -0.0452. The van der Waals surface area contributed by atoms with Crippen LogP contribution in [0.15, 0.2) is 42.5 Å². The van der Waals surface area contributed by atoms with Crippen LogP contribution in [0, 0.1) is 5.41 Å². The first-order valence-electron chi connectivity index (χ1n) is 12.2. The van der Waals surface area contributed by atoms with Gasteiger partial charge in [0.25, 0.3) is 11.8 Å². The molecule has 5 rings (SSSR count). The van der Waals surface area contributed by atoms with Crippen molar-refractivity contribution < 1.29 is 9.59 Å². The molecule has 3 aliphatic rings. The molecular weight excluding hydrogens is 434 g/mol. The van der Waals surface area contributed by atoms with Gasteiger partial charge >= 0.3 is 0 Å². The topological polar surface area (TPSA) is 61.4 Å². The molecule has 1 unspecified atom stereocenters. The maximum Gasteiger partial charge on any atom is 0.253 e. The number of hydrogen-bond acceptors (Lipinski definition) is 3. The molecule has 0 aromatic heterocycles. The lowest BCUT2D eigenvalue weighted by Gasteiger charge is -2.33. The molecule has 1 aliphatic carbocycles. The van der Waals surface area contributed by atoms with E-state index in [0.29, 0.717) is 10.6 Å². The fourth-order valence-electron chi connectivity index (χ4n) is 5.79. The van der Waals surface area contributed by atoms with Crippen LogP contribution in [0.3, 0.4) is 0 Å². The fourth-order valence-corrected chi connectivity index (χ4v) is 6.01. The number of halogens is 1. The Bertz CT molecular complexity index is 1050. The summed E-state index contributed by atoms with van der Waals surface area (Å²) < 4.78 is 0. The van der Waals surface area contributed by atoms with E-state index in [0.717, 1.165) is 82.3 Å². The SMILES string of the molecule is O=C(NC1CCCCc2ccc(C(=O)N3CCC4(CCNCC4)C3)cc21)c1ccccc1Cl. The van der Waals surface area contributed by atoms with Gasteiger partial charge in [-0.1, -0.05) is 36.2 Å². The molecule has 2 fully saturated rings. The fraction of sp³-hybridized carbons (Fsp3) is 0.481. The number of hydrogen-bond donors (Lipinski definition) is 2. The Morgan fingerprint density at radius 1 is 1.06 bits per heavy atom. The molecule has 1 spiro atoms. The van der Waals surface area contributed by atoms with Crippen molar-refractivity contribution >= 4 is 23.4 Å². The second-order valence-corrected chi connectivity index (χ2v) is 10.3. The normalized spacial score (nSPS) is 22.0. The molecule has 2 saturated heterocycles. The van der Waals surface area contributed by atoms with Gasteiger partial charge in [-0.3, -0.25) is 9.59 Å². The third-order valence-corrected chi connectivity index (χ3v) is 8.10. The number of carbonyl (C=O) groups is 2. The molecule has 2 amide bonds. The van der Waals surface area contributed by atoms with E-state index in [9.17, 15) is 9.59 Å². The molecule has 6 heteroatoms. The van der Waals surface area contributed by atoms with Crippen LogP contribution in [0.4, 0.5) is 0 Å². The summed E-state index contributed by atoms with van der Waals surface area (Å²) in [5, 5.41) is 7.09. The average molecular weight is 466 g/mol. The monoisotopic (exact) mass is 465 g/mol. The number of nitrogens with one attached hydrogen (secondary N) is 2. The van der Waals surface area contributed by atoms with E-state index < -0.39 is 0 Å². The number of amides is 2. The van der Waals surface area contributed by atoms with Crippen molar-refractivity contribution in [3.8, 4) is 0 Å². The van der Waals surface area contributed by atoms with Gasteiger partial charge in [0.15, 0.2) is 0 Å². The van der Waals surface area contributed by atoms with Gasteiger partial charge in [-0.15, -0.1) is 0 Å². The number of aryl methyl sites for hydroxylation is 1. The number of fused-ring (bicyclic) bond motifs is 1. The van der Waals surface area contributed by atoms with Crippen molar-refractivity contribution in [3.05, 3.63) is 69.7 Å². The van der Waals surface area contributed by atoms with Crippen LogP contribution in [0.2, 0.25) is 5.02 Å². The van der Waals surface area contributed by atoms with E-state index >= 15 is 0 Å². The lowest BCUT2D eigenvalue weighted by Crippen LogP contribution is -2.39. The van der Waals surface area contributed by atoms with E-state index in [1.807, 2.05) is 29.2 Å². The van der Waals surface area contributed by atoms with Gasteiger partial charge in [-0.2, -0.15) is 0 Å². The van der Waals surface area contributed by atoms with Gasteiger partial charge in [-0.05, 0) is 92.4 Å². The van der Waals surface area contributed by atoms with Crippen LogP contribution in [-0.2, 0) is 6.42 Å². The summed E-state index contributed by atoms with van der Waals surface area (Å²) in [6.07, 6.45) is 7.36. The zero-order valence-corrected chi connectivity index (χ0v) is 19.8. The minimum atomic E-state index is -0.164. The Kier molecular flexibility index (Phi) is 6.44. The second-order valence-electron chi connectivity index (χ2n) is 9.89. The zero-order valence-electron chi connectivity index (χ0n) is 19.0. The van der Waals surface area contributed by atoms with Gasteiger partial charge in [-0.25, -0.2) is 0 Å². The summed E-state index contributed by atoms with van der Waals surface area (Å²) in [7, 11) is 0. The van der Waals surface area contributed by atoms with E-state index in [1.165, 1.54) is 5.56 Å². The standard InChI is InChI=1S/C27H32ClN3O2/c28-23-7-3-2-6-21(23)25(32)30-24-8-4-1-5-19-9-10-20(17-22(19)24)26(33)31-16-13-27(18-31)11-14-29-15-12-27/h2-3,6-7,9-10,17,24,29H,1,4-5,8,11-16,18H2,(H,30,32). The van der Waals surface area contributed by atoms with E-state index in [1.54, 1.807) is 12.1 Å². The predicted molar refractivity (Wildman–Crippen MR) is 131 cm³/mol. The van der Waals surface area contributed by atoms with Crippen molar-refractivity contribution in [1.82, 2.24) is 15.5 Å². The Labute approximate surface area is 200 Å². The Morgan fingerprint density at radius 2 is 1.88 bits per heavy atom. The molecular formula is C27H32ClN3O2. The van der Waals surface area contributed by atoms with Crippen LogP contribution in [0.1, 0.15) is 76.4 Å². The van der Waals surface area contributed by atoms with Gasteiger partial charge < -0.3 is 15.5 Å². The Hall–Kier alpha value is -2.37. The average Bonchev–Trinajstić information content (AvgIpc) is 3.13. The molecule has 0 saturated carbocycles. The quantitative estimate of drug-likeness (QED) is 0.643. The van der Waals surface area contributed by atoms with E-state index in [-0.39, 0.29) is 23.3 Å². The lowest BCUT2D eigenvalue weighted by molar-refractivity contribution is 0.0761. The molecule has 2 N–H and O–H groups in total. The smallest absolute Gasteiger partial charge is 0.253 e. The van der Waals surface area contributed by atoms with Crippen molar-refractivity contribution in [2.75, 3.05) is 26.2 Å². The largest absolute Gasteiger partial charge is 0.345 e. The van der Waals surface area contributed by atoms with Gasteiger partial charge in [0.05, 0.1) is 16.6 Å². The first-order chi connectivity index (χ1) is 16.0. The summed E-state index contributed by atoms with van der Waals surface area (Å²) in [6.45, 7) is 3.79. The number of carbonyl (C=O) groups excluding carboxylic acids is 2. The van der Waals surface area contributed by atoms with Crippen LogP contribution < -0.4 is 10.6 Å². The highest BCUT2D eigenvalue weighted by Gasteiger charge is 2.40. The number of piperidine rings is 1. The molecule has 5 nitrogen and oxygen atoms in total. The summed E-state index contributed by atoms with van der Waals surface area (Å²) >= 11 is 6.26. The van der Waals surface area contributed by atoms with E-state index in [2.05, 4.69) is 16.7 Å². The van der Waals surface area contributed by atoms with Crippen molar-refractivity contribution in [1.29, 1.82) is 0 Å². The Balaban J connectivity index is 1.36. The molecule has 2 aromatic rings. The molecule has 2 aliphatic heterocycles. The number of rotatable bonds is 3. The van der Waals surface area contributed by atoms with Gasteiger partial charge in [0.1, 0.15) is 0 Å². The van der Waals surface area contributed by atoms with Crippen LogP contribution >= 0.6 is 11.6 Å². The molecule has 33 heavy (non-hydrogen) atoms. The number of likely N-dealkylation sites (tertiary alicyclic amines) is 1. The summed E-state index contributed by atoms with van der Waals surface area (Å²) in [5.41, 5.74) is 3.82. The predicted octanol–water partition coefficient (Wildman–Crippen LogP) is 4.75. The minimum Gasteiger partial charge on any atom is -0.345 e. The highest BCUT2D eigenvalue weighted by atomic mass is 35.5. The van der Waals surface area contributed by atoms with E-state index in [4.69, 9.17) is 11.6 Å². The van der Waals surface area contributed by atoms with Gasteiger partial charge in [0.2, 0.25) is 0 Å². The van der Waals surface area contributed by atoms with Crippen LogP contribution in [0.5, 0.6) is 0 Å². The Morgan fingerprint density at radius 3 is 2.70 bits per heavy atom. The maximum atomic E-state index is 13.4. The zero-order chi connectivity index (χ0) is 22.8. The van der Waals surface area contributed by atoms with Gasteiger partial charge in [0, 0.05) is 18.7 Å². The highest BCUT2D eigenvalue weighted by molar-refractivity contribution is 6.33. The third-order valence-electron chi connectivity index (χ3n) is 7.77. The first kappa shape index (κ1) is 22.4. The molecule has 174 valence electrons. The molecule has 0 radical (unpaired) electrons. The molecule has 1 atom stereocenters. The maximum absolute atomic E-state index is 13.4. The lowest BCUT2D eigenvalue weighted by atomic mass is 9.78.